The summed E-state index contributed by atoms with van der Waals surface area (Å²) in [5.74, 6) is -0.163. The molecule has 0 aromatic carbocycles. The third-order valence-electron chi connectivity index (χ3n) is 3.22. The van der Waals surface area contributed by atoms with Crippen LogP contribution in [-0.2, 0) is 9.53 Å². The number of carbonyl (C=O) groups is 1. The van der Waals surface area contributed by atoms with Crippen LogP contribution >= 0.6 is 15.9 Å². The standard InChI is InChI=1S/C16H31BrO2/c1-4-5-6-7-8-9-10-11-12-13-14-19-15(18)16(2,3)17/h4-14H2,1-3H3. The molecule has 0 atom stereocenters. The van der Waals surface area contributed by atoms with Gasteiger partial charge in [0.25, 0.3) is 0 Å². The predicted octanol–water partition coefficient (Wildman–Crippen LogP) is 5.62. The second kappa shape index (κ2) is 11.7. The Bertz CT molecular complexity index is 221. The molecule has 0 aromatic rings. The van der Waals surface area contributed by atoms with Crippen molar-refractivity contribution in [2.24, 2.45) is 0 Å². The van der Waals surface area contributed by atoms with E-state index in [9.17, 15) is 4.79 Å². The van der Waals surface area contributed by atoms with E-state index in [-0.39, 0.29) is 5.97 Å². The van der Waals surface area contributed by atoms with E-state index < -0.39 is 4.32 Å². The molecule has 0 saturated carbocycles. The number of unbranched alkanes of at least 4 members (excludes halogenated alkanes) is 9. The van der Waals surface area contributed by atoms with Crippen molar-refractivity contribution in [2.75, 3.05) is 6.61 Å². The van der Waals surface area contributed by atoms with Gasteiger partial charge in [-0.3, -0.25) is 4.79 Å². The molecule has 3 heteroatoms. The predicted molar refractivity (Wildman–Crippen MR) is 85.8 cm³/mol. The Labute approximate surface area is 127 Å². The highest BCUT2D eigenvalue weighted by Gasteiger charge is 2.24. The van der Waals surface area contributed by atoms with Crippen molar-refractivity contribution in [3.05, 3.63) is 0 Å². The highest BCUT2D eigenvalue weighted by Crippen LogP contribution is 2.17. The van der Waals surface area contributed by atoms with Crippen molar-refractivity contribution in [3.63, 3.8) is 0 Å². The lowest BCUT2D eigenvalue weighted by molar-refractivity contribution is -0.145. The molecule has 0 aliphatic carbocycles. The topological polar surface area (TPSA) is 26.3 Å². The minimum atomic E-state index is -0.550. The number of hydrogen-bond donors (Lipinski definition) is 0. The Hall–Kier alpha value is -0.0500. The van der Waals surface area contributed by atoms with Gasteiger partial charge in [0, 0.05) is 0 Å². The van der Waals surface area contributed by atoms with Crippen molar-refractivity contribution >= 4 is 21.9 Å². The van der Waals surface area contributed by atoms with Crippen molar-refractivity contribution in [2.45, 2.75) is 89.3 Å². The van der Waals surface area contributed by atoms with Gasteiger partial charge in [-0.15, -0.1) is 0 Å². The summed E-state index contributed by atoms with van der Waals surface area (Å²) in [6.07, 6.45) is 13.0. The van der Waals surface area contributed by atoms with Gasteiger partial charge >= 0.3 is 5.97 Å². The first kappa shape index (κ1) is 18.9. The van der Waals surface area contributed by atoms with Crippen LogP contribution in [0.1, 0.15) is 85.0 Å². The van der Waals surface area contributed by atoms with E-state index in [1.807, 2.05) is 13.8 Å². The van der Waals surface area contributed by atoms with Crippen molar-refractivity contribution in [1.29, 1.82) is 0 Å². The zero-order valence-electron chi connectivity index (χ0n) is 13.0. The highest BCUT2D eigenvalue weighted by atomic mass is 79.9. The molecule has 114 valence electrons. The van der Waals surface area contributed by atoms with E-state index in [0.29, 0.717) is 6.61 Å². The maximum Gasteiger partial charge on any atom is 0.322 e. The second-order valence-corrected chi connectivity index (χ2v) is 7.77. The van der Waals surface area contributed by atoms with Gasteiger partial charge in [0.15, 0.2) is 0 Å². The molecule has 0 bridgehead atoms. The lowest BCUT2D eigenvalue weighted by Crippen LogP contribution is -2.26. The molecule has 2 nitrogen and oxygen atoms in total. The maximum atomic E-state index is 11.5. The van der Waals surface area contributed by atoms with Gasteiger partial charge in [-0.2, -0.15) is 0 Å². The molecule has 0 aliphatic heterocycles. The molecule has 0 spiro atoms. The van der Waals surface area contributed by atoms with E-state index in [4.69, 9.17) is 4.74 Å². The number of esters is 1. The molecular formula is C16H31BrO2. The third kappa shape index (κ3) is 12.7. The molecule has 19 heavy (non-hydrogen) atoms. The molecule has 0 aliphatic rings. The Morgan fingerprint density at radius 2 is 1.32 bits per heavy atom. The van der Waals surface area contributed by atoms with Crippen LogP contribution in [0.2, 0.25) is 0 Å². The summed E-state index contributed by atoms with van der Waals surface area (Å²) < 4.78 is 4.64. The number of rotatable bonds is 12. The lowest BCUT2D eigenvalue weighted by Gasteiger charge is -2.14. The Kier molecular flexibility index (Phi) is 11.7. The van der Waals surface area contributed by atoms with Crippen molar-refractivity contribution < 1.29 is 9.53 Å². The average Bonchev–Trinajstić information content (AvgIpc) is 2.34. The van der Waals surface area contributed by atoms with E-state index in [0.717, 1.165) is 6.42 Å². The zero-order chi connectivity index (χ0) is 14.6. The van der Waals surface area contributed by atoms with Gasteiger partial charge in [-0.25, -0.2) is 0 Å². The van der Waals surface area contributed by atoms with E-state index in [2.05, 4.69) is 22.9 Å². The summed E-state index contributed by atoms with van der Waals surface area (Å²) in [5.41, 5.74) is 0. The molecule has 0 heterocycles. The number of alkyl halides is 1. The van der Waals surface area contributed by atoms with Crippen molar-refractivity contribution in [1.82, 2.24) is 0 Å². The molecule has 0 radical (unpaired) electrons. The number of halogens is 1. The number of carbonyl (C=O) groups excluding carboxylic acids is 1. The monoisotopic (exact) mass is 334 g/mol. The van der Waals surface area contributed by atoms with Crippen LogP contribution in [0.15, 0.2) is 0 Å². The SMILES string of the molecule is CCCCCCCCCCCCOC(=O)C(C)(C)Br. The minimum absolute atomic E-state index is 0.163. The summed E-state index contributed by atoms with van der Waals surface area (Å²) in [6, 6.07) is 0. The molecule has 0 saturated heterocycles. The summed E-state index contributed by atoms with van der Waals surface area (Å²) in [5, 5.41) is 0. The fraction of sp³-hybridized carbons (Fsp3) is 0.938. The zero-order valence-corrected chi connectivity index (χ0v) is 14.6. The summed E-state index contributed by atoms with van der Waals surface area (Å²) >= 11 is 3.30. The van der Waals surface area contributed by atoms with Crippen LogP contribution in [0.5, 0.6) is 0 Å². The van der Waals surface area contributed by atoms with Crippen LogP contribution in [0, 0.1) is 0 Å². The molecule has 0 fully saturated rings. The molecular weight excluding hydrogens is 304 g/mol. The molecule has 0 N–H and O–H groups in total. The highest BCUT2D eigenvalue weighted by molar-refractivity contribution is 9.10. The number of ether oxygens (including phenoxy) is 1. The quantitative estimate of drug-likeness (QED) is 0.263. The van der Waals surface area contributed by atoms with Gasteiger partial charge < -0.3 is 4.74 Å². The minimum Gasteiger partial charge on any atom is -0.465 e. The van der Waals surface area contributed by atoms with E-state index in [1.54, 1.807) is 0 Å². The first-order chi connectivity index (χ1) is 8.98. The second-order valence-electron chi connectivity index (χ2n) is 5.79. The Morgan fingerprint density at radius 3 is 1.74 bits per heavy atom. The molecule has 0 rings (SSSR count). The van der Waals surface area contributed by atoms with Crippen LogP contribution < -0.4 is 0 Å². The fourth-order valence-electron chi connectivity index (χ4n) is 1.93. The summed E-state index contributed by atoms with van der Waals surface area (Å²) in [6.45, 7) is 6.44. The van der Waals surface area contributed by atoms with Crippen molar-refractivity contribution in [3.8, 4) is 0 Å². The summed E-state index contributed by atoms with van der Waals surface area (Å²) in [7, 11) is 0. The molecule has 0 amide bonds. The van der Waals surface area contributed by atoms with Crippen LogP contribution in [0.3, 0.4) is 0 Å². The lowest BCUT2D eigenvalue weighted by atomic mass is 10.1. The van der Waals surface area contributed by atoms with Gasteiger partial charge in [-0.1, -0.05) is 80.6 Å². The normalized spacial score (nSPS) is 11.6. The van der Waals surface area contributed by atoms with Gasteiger partial charge in [-0.05, 0) is 20.3 Å². The number of hydrogen-bond acceptors (Lipinski definition) is 2. The average molecular weight is 335 g/mol. The van der Waals surface area contributed by atoms with E-state index in [1.165, 1.54) is 57.8 Å². The largest absolute Gasteiger partial charge is 0.465 e. The van der Waals surface area contributed by atoms with Crippen LogP contribution in [-0.4, -0.2) is 16.9 Å². The fourth-order valence-corrected chi connectivity index (χ4v) is 2.04. The Morgan fingerprint density at radius 1 is 0.895 bits per heavy atom. The third-order valence-corrected chi connectivity index (χ3v) is 3.54. The van der Waals surface area contributed by atoms with Gasteiger partial charge in [0.2, 0.25) is 0 Å². The Balaban J connectivity index is 3.17. The van der Waals surface area contributed by atoms with Gasteiger partial charge in [0.05, 0.1) is 6.61 Å². The summed E-state index contributed by atoms with van der Waals surface area (Å²) in [4.78, 5) is 11.5. The molecule has 0 aromatic heterocycles. The first-order valence-electron chi connectivity index (χ1n) is 7.84. The van der Waals surface area contributed by atoms with Gasteiger partial charge in [0.1, 0.15) is 4.32 Å². The molecule has 0 unspecified atom stereocenters. The van der Waals surface area contributed by atoms with Crippen LogP contribution in [0.25, 0.3) is 0 Å². The smallest absolute Gasteiger partial charge is 0.322 e. The first-order valence-corrected chi connectivity index (χ1v) is 8.64. The van der Waals surface area contributed by atoms with Crippen LogP contribution in [0.4, 0.5) is 0 Å². The van der Waals surface area contributed by atoms with E-state index >= 15 is 0 Å². The maximum absolute atomic E-state index is 11.5.